The van der Waals surface area contributed by atoms with Crippen LogP contribution in [-0.4, -0.2) is 21.9 Å². The zero-order valence-electron chi connectivity index (χ0n) is 14.6. The number of hydrogen-bond donors (Lipinski definition) is 1. The average molecular weight is 393 g/mol. The molecule has 0 bridgehead atoms. The summed E-state index contributed by atoms with van der Waals surface area (Å²) in [5.74, 6) is -5.48. The molecule has 0 aliphatic rings. The van der Waals surface area contributed by atoms with Crippen LogP contribution in [-0.2, 0) is 4.79 Å². The summed E-state index contributed by atoms with van der Waals surface area (Å²) >= 11 is 0.923. The lowest BCUT2D eigenvalue weighted by Gasteiger charge is -2.14. The standard InChI is InChI=1S/C18H14F3N3O2S/c1-8-12(9(2)25)6-11(7-22)18(23-8)27-10(3)17(26)24-14-5-4-13(19)15(20)16(14)21/h4-6,10H,1-3H3,(H,24,26). The van der Waals surface area contributed by atoms with Gasteiger partial charge >= 0.3 is 0 Å². The first kappa shape index (κ1) is 20.5. The van der Waals surface area contributed by atoms with Crippen LogP contribution in [0.25, 0.3) is 0 Å². The number of nitriles is 1. The maximum absolute atomic E-state index is 13.7. The fourth-order valence-electron chi connectivity index (χ4n) is 2.19. The molecule has 0 aliphatic carbocycles. The highest BCUT2D eigenvalue weighted by atomic mass is 32.2. The minimum atomic E-state index is -1.68. The Labute approximate surface area is 157 Å². The molecular formula is C18H14F3N3O2S. The van der Waals surface area contributed by atoms with Crippen molar-refractivity contribution in [1.82, 2.24) is 4.98 Å². The van der Waals surface area contributed by atoms with E-state index in [2.05, 4.69) is 10.3 Å². The van der Waals surface area contributed by atoms with E-state index in [1.54, 1.807) is 6.92 Å². The van der Waals surface area contributed by atoms with Crippen molar-refractivity contribution in [1.29, 1.82) is 5.26 Å². The molecule has 0 aliphatic heterocycles. The third-order valence-corrected chi connectivity index (χ3v) is 4.73. The van der Waals surface area contributed by atoms with Crippen molar-refractivity contribution in [3.8, 4) is 6.07 Å². The number of nitrogens with zero attached hydrogens (tertiary/aromatic N) is 2. The Kier molecular flexibility index (Phi) is 6.23. The summed E-state index contributed by atoms with van der Waals surface area (Å²) in [4.78, 5) is 28.0. The predicted molar refractivity (Wildman–Crippen MR) is 94.0 cm³/mol. The van der Waals surface area contributed by atoms with Gasteiger partial charge in [-0.05, 0) is 39.0 Å². The molecule has 1 unspecified atom stereocenters. The normalized spacial score (nSPS) is 11.6. The lowest BCUT2D eigenvalue weighted by Crippen LogP contribution is -2.23. The maximum Gasteiger partial charge on any atom is 0.237 e. The largest absolute Gasteiger partial charge is 0.323 e. The van der Waals surface area contributed by atoms with E-state index in [4.69, 9.17) is 0 Å². The number of hydrogen-bond acceptors (Lipinski definition) is 5. The molecule has 0 saturated carbocycles. The first-order chi connectivity index (χ1) is 12.6. The van der Waals surface area contributed by atoms with Crippen molar-refractivity contribution in [2.45, 2.75) is 31.0 Å². The molecule has 0 saturated heterocycles. The molecule has 9 heteroatoms. The van der Waals surface area contributed by atoms with Gasteiger partial charge in [0.2, 0.25) is 5.91 Å². The monoisotopic (exact) mass is 393 g/mol. The van der Waals surface area contributed by atoms with Crippen LogP contribution in [0.2, 0.25) is 0 Å². The number of benzene rings is 1. The Morgan fingerprint density at radius 2 is 1.93 bits per heavy atom. The van der Waals surface area contributed by atoms with Crippen molar-refractivity contribution in [2.75, 3.05) is 5.32 Å². The molecule has 140 valence electrons. The van der Waals surface area contributed by atoms with Crippen LogP contribution in [0.5, 0.6) is 0 Å². The SMILES string of the molecule is CC(=O)c1cc(C#N)c(SC(C)C(=O)Nc2ccc(F)c(F)c2F)nc1C. The van der Waals surface area contributed by atoms with Crippen LogP contribution in [0.15, 0.2) is 23.2 Å². The molecule has 2 rings (SSSR count). The smallest absolute Gasteiger partial charge is 0.237 e. The zero-order chi connectivity index (χ0) is 20.3. The van der Waals surface area contributed by atoms with Crippen molar-refractivity contribution in [2.24, 2.45) is 0 Å². The van der Waals surface area contributed by atoms with E-state index >= 15 is 0 Å². The van der Waals surface area contributed by atoms with Crippen molar-refractivity contribution < 1.29 is 22.8 Å². The van der Waals surface area contributed by atoms with E-state index in [1.165, 1.54) is 19.9 Å². The van der Waals surface area contributed by atoms with Gasteiger partial charge in [-0.25, -0.2) is 18.2 Å². The first-order valence-electron chi connectivity index (χ1n) is 7.69. The third kappa shape index (κ3) is 4.46. The van der Waals surface area contributed by atoms with Crippen LogP contribution in [0.3, 0.4) is 0 Å². The number of carbonyl (C=O) groups is 2. The molecular weight excluding hydrogens is 379 g/mol. The second-order valence-electron chi connectivity index (χ2n) is 5.61. The van der Waals surface area contributed by atoms with Gasteiger partial charge < -0.3 is 5.32 Å². The lowest BCUT2D eigenvalue weighted by molar-refractivity contribution is -0.115. The van der Waals surface area contributed by atoms with Gasteiger partial charge in [-0.3, -0.25) is 9.59 Å². The molecule has 5 nitrogen and oxygen atoms in total. The number of aryl methyl sites for hydroxylation is 1. The van der Waals surface area contributed by atoms with Gasteiger partial charge in [-0.2, -0.15) is 5.26 Å². The molecule has 1 aromatic heterocycles. The van der Waals surface area contributed by atoms with E-state index in [9.17, 15) is 28.0 Å². The Hall–Kier alpha value is -2.86. The van der Waals surface area contributed by atoms with Crippen LogP contribution < -0.4 is 5.32 Å². The number of aromatic nitrogens is 1. The number of rotatable bonds is 5. The molecule has 27 heavy (non-hydrogen) atoms. The summed E-state index contributed by atoms with van der Waals surface area (Å²) in [5, 5.41) is 10.8. The summed E-state index contributed by atoms with van der Waals surface area (Å²) in [6.45, 7) is 4.43. The molecule has 1 heterocycles. The van der Waals surface area contributed by atoms with E-state index in [0.29, 0.717) is 17.3 Å². The number of Topliss-reactive ketones (excluding diaryl/α,β-unsaturated/α-hetero) is 1. The minimum absolute atomic E-state index is 0.120. The topological polar surface area (TPSA) is 82.8 Å². The second kappa shape index (κ2) is 8.22. The van der Waals surface area contributed by atoms with Gasteiger partial charge in [0, 0.05) is 11.3 Å². The number of anilines is 1. The number of thioether (sulfide) groups is 1. The highest BCUT2D eigenvalue weighted by molar-refractivity contribution is 8.00. The van der Waals surface area contributed by atoms with Gasteiger partial charge in [-0.15, -0.1) is 0 Å². The van der Waals surface area contributed by atoms with E-state index in [1.807, 2.05) is 6.07 Å². The molecule has 2 aromatic rings. The quantitative estimate of drug-likeness (QED) is 0.472. The van der Waals surface area contributed by atoms with Crippen molar-refractivity contribution in [3.63, 3.8) is 0 Å². The number of ketones is 1. The van der Waals surface area contributed by atoms with Crippen molar-refractivity contribution in [3.05, 3.63) is 52.5 Å². The summed E-state index contributed by atoms with van der Waals surface area (Å²) in [6.07, 6.45) is 0. The van der Waals surface area contributed by atoms with Crippen LogP contribution in [0, 0.1) is 35.7 Å². The number of halogens is 3. The summed E-state index contributed by atoms with van der Waals surface area (Å²) in [5.41, 5.74) is 0.331. The maximum atomic E-state index is 13.7. The molecule has 1 aromatic carbocycles. The Morgan fingerprint density at radius 3 is 2.52 bits per heavy atom. The zero-order valence-corrected chi connectivity index (χ0v) is 15.4. The predicted octanol–water partition coefficient (Wildman–Crippen LogP) is 4.00. The third-order valence-electron chi connectivity index (χ3n) is 3.63. The molecule has 1 amide bonds. The Bertz CT molecular complexity index is 973. The molecule has 1 N–H and O–H groups in total. The van der Waals surface area contributed by atoms with Gasteiger partial charge in [-0.1, -0.05) is 11.8 Å². The first-order valence-corrected chi connectivity index (χ1v) is 8.57. The highest BCUT2D eigenvalue weighted by Crippen LogP contribution is 2.28. The summed E-state index contributed by atoms with van der Waals surface area (Å²) in [6, 6.07) is 4.92. The van der Waals surface area contributed by atoms with Gasteiger partial charge in [0.15, 0.2) is 23.2 Å². The average Bonchev–Trinajstić information content (AvgIpc) is 2.62. The summed E-state index contributed by atoms with van der Waals surface area (Å²) in [7, 11) is 0. The molecule has 0 spiro atoms. The minimum Gasteiger partial charge on any atom is -0.323 e. The van der Waals surface area contributed by atoms with Crippen LogP contribution in [0.4, 0.5) is 18.9 Å². The van der Waals surface area contributed by atoms with Crippen molar-refractivity contribution >= 4 is 29.1 Å². The van der Waals surface area contributed by atoms with Gasteiger partial charge in [0.05, 0.1) is 16.5 Å². The second-order valence-corrected chi connectivity index (χ2v) is 6.94. The number of nitrogens with one attached hydrogen (secondary N) is 1. The number of carbonyl (C=O) groups excluding carboxylic acids is 2. The van der Waals surface area contributed by atoms with Crippen LogP contribution >= 0.6 is 11.8 Å². The molecule has 0 radical (unpaired) electrons. The van der Waals surface area contributed by atoms with E-state index in [0.717, 1.165) is 17.8 Å². The fourth-order valence-corrected chi connectivity index (χ4v) is 3.11. The molecule has 0 fully saturated rings. The highest BCUT2D eigenvalue weighted by Gasteiger charge is 2.22. The number of pyridine rings is 1. The van der Waals surface area contributed by atoms with E-state index < -0.39 is 34.3 Å². The number of amides is 1. The Balaban J connectivity index is 2.22. The summed E-state index contributed by atoms with van der Waals surface area (Å²) < 4.78 is 39.9. The van der Waals surface area contributed by atoms with E-state index in [-0.39, 0.29) is 16.4 Å². The van der Waals surface area contributed by atoms with Crippen LogP contribution in [0.1, 0.15) is 35.5 Å². The van der Waals surface area contributed by atoms with Gasteiger partial charge in [0.1, 0.15) is 11.1 Å². The molecule has 1 atom stereocenters. The Morgan fingerprint density at radius 1 is 1.26 bits per heavy atom. The van der Waals surface area contributed by atoms with Gasteiger partial charge in [0.25, 0.3) is 0 Å². The fraction of sp³-hybridized carbons (Fsp3) is 0.222. The lowest BCUT2D eigenvalue weighted by atomic mass is 10.1.